The number of benzene rings is 2. The van der Waals surface area contributed by atoms with Gasteiger partial charge in [0, 0.05) is 35.5 Å². The monoisotopic (exact) mass is 543 g/mol. The van der Waals surface area contributed by atoms with Gasteiger partial charge in [-0.2, -0.15) is 0 Å². The van der Waals surface area contributed by atoms with Gasteiger partial charge in [-0.3, -0.25) is 19.6 Å². The van der Waals surface area contributed by atoms with E-state index in [1.807, 2.05) is 24.3 Å². The molecule has 2 aromatic carbocycles. The van der Waals surface area contributed by atoms with Crippen molar-refractivity contribution in [2.24, 2.45) is 28.9 Å². The zero-order valence-corrected chi connectivity index (χ0v) is 22.5. The lowest BCUT2D eigenvalue weighted by molar-refractivity contribution is -0.130. The minimum atomic E-state index is -1.03. The minimum absolute atomic E-state index is 0.0394. The van der Waals surface area contributed by atoms with E-state index in [1.54, 1.807) is 24.3 Å². The molecule has 0 spiro atoms. The summed E-state index contributed by atoms with van der Waals surface area (Å²) in [5.74, 6) is 7.55. The maximum atomic E-state index is 12.5. The van der Waals surface area contributed by atoms with Crippen molar-refractivity contribution in [3.8, 4) is 11.8 Å². The normalized spacial score (nSPS) is 24.9. The van der Waals surface area contributed by atoms with Crippen molar-refractivity contribution >= 4 is 23.4 Å². The van der Waals surface area contributed by atoms with Crippen molar-refractivity contribution in [2.75, 3.05) is 25.0 Å². The van der Waals surface area contributed by atoms with Crippen LogP contribution >= 0.6 is 0 Å². The molecule has 0 radical (unpaired) electrons. The molecule has 4 fully saturated rings. The minimum Gasteiger partial charge on any atom is -0.339 e. The van der Waals surface area contributed by atoms with Gasteiger partial charge in [-0.15, -0.1) is 0 Å². The van der Waals surface area contributed by atoms with Gasteiger partial charge in [0.25, 0.3) is 11.8 Å². The molecule has 9 nitrogen and oxygen atoms in total. The van der Waals surface area contributed by atoms with Gasteiger partial charge in [0.15, 0.2) is 0 Å². The van der Waals surface area contributed by atoms with Crippen LogP contribution in [0.1, 0.15) is 60.0 Å². The molecule has 0 unspecified atom stereocenters. The summed E-state index contributed by atoms with van der Waals surface area (Å²) < 4.78 is 0. The van der Waals surface area contributed by atoms with Gasteiger partial charge >= 0.3 is 0 Å². The van der Waals surface area contributed by atoms with Crippen LogP contribution in [0.5, 0.6) is 0 Å². The molecule has 6 rings (SSSR count). The number of nitrogens with one attached hydrogen (secondary N) is 4. The van der Waals surface area contributed by atoms with Crippen LogP contribution in [-0.4, -0.2) is 48.6 Å². The fourth-order valence-electron chi connectivity index (χ4n) is 7.19. The molecule has 0 heterocycles. The van der Waals surface area contributed by atoms with Crippen LogP contribution in [0.2, 0.25) is 0 Å². The molecule has 40 heavy (non-hydrogen) atoms. The summed E-state index contributed by atoms with van der Waals surface area (Å²) in [6.45, 7) is 1.11. The van der Waals surface area contributed by atoms with Crippen molar-refractivity contribution in [2.45, 2.75) is 44.6 Å². The lowest BCUT2D eigenvalue weighted by Gasteiger charge is -2.57. The van der Waals surface area contributed by atoms with Crippen molar-refractivity contribution in [3.63, 3.8) is 0 Å². The molecule has 9 heteroatoms. The summed E-state index contributed by atoms with van der Waals surface area (Å²) in [6, 6.07) is 13.0. The van der Waals surface area contributed by atoms with Crippen molar-refractivity contribution in [3.05, 3.63) is 65.2 Å². The number of carbonyl (C=O) groups is 3. The Morgan fingerprint density at radius 1 is 0.900 bits per heavy atom. The van der Waals surface area contributed by atoms with Crippen LogP contribution in [0.25, 0.3) is 0 Å². The zero-order valence-electron chi connectivity index (χ0n) is 22.5. The molecule has 4 bridgehead atoms. The molecule has 7 N–H and O–H groups in total. The second-order valence-corrected chi connectivity index (χ2v) is 11.7. The van der Waals surface area contributed by atoms with E-state index in [4.69, 9.17) is 10.9 Å². The average molecular weight is 544 g/mol. The Morgan fingerprint density at radius 2 is 1.45 bits per heavy atom. The van der Waals surface area contributed by atoms with Crippen LogP contribution in [0.4, 0.5) is 5.69 Å². The Labute approximate surface area is 234 Å². The molecule has 4 aliphatic rings. The molecule has 0 aromatic heterocycles. The maximum absolute atomic E-state index is 12.5. The third-order valence-corrected chi connectivity index (χ3v) is 8.59. The van der Waals surface area contributed by atoms with Gasteiger partial charge in [0.2, 0.25) is 5.91 Å². The highest BCUT2D eigenvalue weighted by atomic mass is 16.5. The van der Waals surface area contributed by atoms with Gasteiger partial charge in [0.1, 0.15) is 6.04 Å². The van der Waals surface area contributed by atoms with Gasteiger partial charge in [-0.05, 0) is 110 Å². The summed E-state index contributed by atoms with van der Waals surface area (Å²) in [5.41, 5.74) is 9.92. The molecule has 0 aliphatic heterocycles. The number of nitrogens with two attached hydrogens (primary N) is 1. The highest BCUT2D eigenvalue weighted by molar-refractivity contribution is 5.97. The summed E-state index contributed by atoms with van der Waals surface area (Å²) in [6.07, 6.45) is 8.27. The van der Waals surface area contributed by atoms with Crippen LogP contribution in [0.15, 0.2) is 48.5 Å². The molecule has 210 valence electrons. The van der Waals surface area contributed by atoms with Crippen LogP contribution in [-0.2, 0) is 9.59 Å². The first-order valence-electron chi connectivity index (χ1n) is 14.0. The molecule has 3 amide bonds. The largest absolute Gasteiger partial charge is 0.339 e. The number of hydroxylamine groups is 1. The number of hydrogen-bond acceptors (Lipinski definition) is 6. The quantitative estimate of drug-likeness (QED) is 0.163. The first-order valence-corrected chi connectivity index (χ1v) is 14.0. The molecule has 2 aromatic rings. The third kappa shape index (κ3) is 6.70. The molecule has 4 saturated carbocycles. The number of anilines is 1. The summed E-state index contributed by atoms with van der Waals surface area (Å²) in [5, 5.41) is 17.6. The highest BCUT2D eigenvalue weighted by Gasteiger charge is 2.50. The predicted octanol–water partition coefficient (Wildman–Crippen LogP) is 2.39. The zero-order chi connectivity index (χ0) is 28.1. The van der Waals surface area contributed by atoms with Crippen molar-refractivity contribution in [1.82, 2.24) is 16.1 Å². The van der Waals surface area contributed by atoms with E-state index in [1.165, 1.54) is 44.0 Å². The molecular weight excluding hydrogens is 506 g/mol. The van der Waals surface area contributed by atoms with E-state index < -0.39 is 17.9 Å². The van der Waals surface area contributed by atoms with Crippen molar-refractivity contribution < 1.29 is 19.6 Å². The first kappa shape index (κ1) is 27.8. The highest BCUT2D eigenvalue weighted by Crippen LogP contribution is 2.59. The van der Waals surface area contributed by atoms with E-state index in [0.717, 1.165) is 35.5 Å². The van der Waals surface area contributed by atoms with Crippen LogP contribution < -0.4 is 27.2 Å². The predicted molar refractivity (Wildman–Crippen MR) is 151 cm³/mol. The lowest BCUT2D eigenvalue weighted by Crippen LogP contribution is -2.51. The number of rotatable bonds is 9. The Hall–Kier alpha value is -3.71. The Morgan fingerprint density at radius 3 is 1.98 bits per heavy atom. The third-order valence-electron chi connectivity index (χ3n) is 8.59. The Bertz CT molecular complexity index is 1260. The fraction of sp³-hybridized carbons (Fsp3) is 0.452. The number of hydrogen-bond donors (Lipinski definition) is 6. The summed E-state index contributed by atoms with van der Waals surface area (Å²) in [4.78, 5) is 36.3. The summed E-state index contributed by atoms with van der Waals surface area (Å²) in [7, 11) is 0. The second kappa shape index (κ2) is 12.2. The lowest BCUT2D eigenvalue weighted by atomic mass is 9.49. The maximum Gasteiger partial charge on any atom is 0.267 e. The molecule has 0 saturated heterocycles. The SMILES string of the molecule is NC[C@H](NC(=O)c1ccc(C#Cc2ccc(NC(=O)CNCC34CC5CC(CC(C5)C3)C4)cc2)cc1)C(=O)NO. The van der Waals surface area contributed by atoms with Gasteiger partial charge in [0.05, 0.1) is 6.54 Å². The van der Waals surface area contributed by atoms with Crippen molar-refractivity contribution in [1.29, 1.82) is 0 Å². The smallest absolute Gasteiger partial charge is 0.267 e. The Kier molecular flexibility index (Phi) is 8.50. The molecule has 4 aliphatic carbocycles. The topological polar surface area (TPSA) is 146 Å². The van der Waals surface area contributed by atoms with Gasteiger partial charge < -0.3 is 21.7 Å². The van der Waals surface area contributed by atoms with E-state index in [-0.39, 0.29) is 12.5 Å². The van der Waals surface area contributed by atoms with E-state index in [0.29, 0.717) is 23.1 Å². The fourth-order valence-corrected chi connectivity index (χ4v) is 7.19. The van der Waals surface area contributed by atoms with Crippen LogP contribution in [0.3, 0.4) is 0 Å². The van der Waals surface area contributed by atoms with E-state index in [9.17, 15) is 14.4 Å². The van der Waals surface area contributed by atoms with E-state index in [2.05, 4.69) is 27.8 Å². The van der Waals surface area contributed by atoms with Gasteiger partial charge in [-0.25, -0.2) is 5.48 Å². The molecule has 1 atom stereocenters. The average Bonchev–Trinajstić information content (AvgIpc) is 2.94. The number of carbonyl (C=O) groups excluding carboxylic acids is 3. The van der Waals surface area contributed by atoms with Crippen LogP contribution in [0, 0.1) is 35.0 Å². The molecular formula is C31H37N5O4. The first-order chi connectivity index (χ1) is 19.3. The van der Waals surface area contributed by atoms with Gasteiger partial charge in [-0.1, -0.05) is 11.8 Å². The second-order valence-electron chi connectivity index (χ2n) is 11.7. The van der Waals surface area contributed by atoms with E-state index >= 15 is 0 Å². The number of amides is 3. The standard InChI is InChI=1S/C31H37N5O4/c32-17-27(30(39)36-40)35-29(38)25-7-3-20(4-8-25)1-2-21-5-9-26(10-6-21)34-28(37)18-33-19-31-14-22-11-23(15-31)13-24(12-22)16-31/h3-10,22-24,27,33,40H,11-19,32H2,(H,34,37)(H,35,38)(H,36,39)/t22?,23?,24?,27-,31?/m0/s1. The Balaban J connectivity index is 1.07. The summed E-state index contributed by atoms with van der Waals surface area (Å²) >= 11 is 0.